The van der Waals surface area contributed by atoms with E-state index in [0.29, 0.717) is 11.0 Å². The quantitative estimate of drug-likeness (QED) is 0.400. The number of benzene rings is 2. The van der Waals surface area contributed by atoms with Gasteiger partial charge in [0.2, 0.25) is 11.0 Å². The third kappa shape index (κ3) is 5.52. The summed E-state index contributed by atoms with van der Waals surface area (Å²) in [5.41, 5.74) is 2.85. The Kier molecular flexibility index (Phi) is 7.70. The van der Waals surface area contributed by atoms with E-state index in [9.17, 15) is 4.79 Å². The number of ether oxygens (including phenoxy) is 1. The lowest BCUT2D eigenvalue weighted by atomic mass is 9.97. The van der Waals surface area contributed by atoms with Gasteiger partial charge in [-0.2, -0.15) is 0 Å². The Morgan fingerprint density at radius 3 is 2.53 bits per heavy atom. The molecule has 3 rings (SSSR count). The first kappa shape index (κ1) is 22.1. The SMILES string of the molecule is CC[C@@H](C)c1ccccc1NC(=O)[C@H](C)Sc1nnc(Nc2ccccc2OC)s1. The molecule has 158 valence electrons. The van der Waals surface area contributed by atoms with Crippen molar-refractivity contribution in [2.75, 3.05) is 17.7 Å². The standard InChI is InChI=1S/C22H26N4O2S2/c1-5-14(2)16-10-6-7-11-17(16)23-20(27)15(3)29-22-26-25-21(30-22)24-18-12-8-9-13-19(18)28-4/h6-15H,5H2,1-4H3,(H,23,27)(H,24,25)/t14-,15+/m1/s1. The number of carbonyl (C=O) groups excluding carboxylic acids is 1. The number of nitrogens with one attached hydrogen (secondary N) is 2. The van der Waals surface area contributed by atoms with Crippen molar-refractivity contribution in [1.82, 2.24) is 10.2 Å². The average molecular weight is 443 g/mol. The second-order valence-electron chi connectivity index (χ2n) is 6.84. The van der Waals surface area contributed by atoms with Crippen LogP contribution in [0.15, 0.2) is 52.9 Å². The average Bonchev–Trinajstić information content (AvgIpc) is 3.20. The molecule has 0 saturated heterocycles. The highest BCUT2D eigenvalue weighted by molar-refractivity contribution is 8.02. The number of amides is 1. The number of hydrogen-bond donors (Lipinski definition) is 2. The summed E-state index contributed by atoms with van der Waals surface area (Å²) in [6.07, 6.45) is 1.02. The molecule has 2 aromatic carbocycles. The zero-order valence-electron chi connectivity index (χ0n) is 17.5. The number of para-hydroxylation sites is 3. The van der Waals surface area contributed by atoms with Gasteiger partial charge < -0.3 is 15.4 Å². The summed E-state index contributed by atoms with van der Waals surface area (Å²) in [5.74, 6) is 1.07. The van der Waals surface area contributed by atoms with Crippen LogP contribution in [0.25, 0.3) is 0 Å². The molecule has 30 heavy (non-hydrogen) atoms. The van der Waals surface area contributed by atoms with Crippen LogP contribution in [-0.2, 0) is 4.79 Å². The molecule has 1 amide bonds. The van der Waals surface area contributed by atoms with Crippen molar-refractivity contribution < 1.29 is 9.53 Å². The highest BCUT2D eigenvalue weighted by atomic mass is 32.2. The Hall–Kier alpha value is -2.58. The van der Waals surface area contributed by atoms with Gasteiger partial charge in [0, 0.05) is 5.69 Å². The number of aromatic nitrogens is 2. The Morgan fingerprint density at radius 2 is 1.80 bits per heavy atom. The fraction of sp³-hybridized carbons (Fsp3) is 0.318. The molecule has 0 aliphatic carbocycles. The minimum absolute atomic E-state index is 0.0507. The largest absolute Gasteiger partial charge is 0.495 e. The molecule has 2 N–H and O–H groups in total. The van der Waals surface area contributed by atoms with Crippen LogP contribution in [0.2, 0.25) is 0 Å². The molecular weight excluding hydrogens is 416 g/mol. The van der Waals surface area contributed by atoms with E-state index in [2.05, 4.69) is 40.7 Å². The van der Waals surface area contributed by atoms with Gasteiger partial charge in [0.1, 0.15) is 5.75 Å². The van der Waals surface area contributed by atoms with Crippen molar-refractivity contribution >= 4 is 45.5 Å². The first-order valence-corrected chi connectivity index (χ1v) is 11.5. The summed E-state index contributed by atoms with van der Waals surface area (Å²) < 4.78 is 6.07. The minimum Gasteiger partial charge on any atom is -0.495 e. The molecule has 2 atom stereocenters. The van der Waals surface area contributed by atoms with E-state index < -0.39 is 0 Å². The van der Waals surface area contributed by atoms with Gasteiger partial charge in [-0.25, -0.2) is 0 Å². The summed E-state index contributed by atoms with van der Waals surface area (Å²) in [6.45, 7) is 6.19. The third-order valence-corrected chi connectivity index (χ3v) is 6.79. The number of nitrogens with zero attached hydrogens (tertiary/aromatic N) is 2. The fourth-order valence-electron chi connectivity index (χ4n) is 2.87. The lowest BCUT2D eigenvalue weighted by Gasteiger charge is -2.17. The number of rotatable bonds is 9. The van der Waals surface area contributed by atoms with Gasteiger partial charge in [-0.15, -0.1) is 10.2 Å². The molecule has 3 aromatic rings. The number of anilines is 3. The van der Waals surface area contributed by atoms with Crippen molar-refractivity contribution in [2.45, 2.75) is 42.7 Å². The Bertz CT molecular complexity index is 993. The zero-order valence-corrected chi connectivity index (χ0v) is 19.1. The summed E-state index contributed by atoms with van der Waals surface area (Å²) in [5, 5.41) is 15.0. The van der Waals surface area contributed by atoms with E-state index in [-0.39, 0.29) is 11.2 Å². The molecule has 0 fully saturated rings. The van der Waals surface area contributed by atoms with Crippen molar-refractivity contribution in [3.8, 4) is 5.75 Å². The number of carbonyl (C=O) groups is 1. The van der Waals surface area contributed by atoms with Gasteiger partial charge in [-0.1, -0.05) is 67.3 Å². The van der Waals surface area contributed by atoms with Crippen LogP contribution < -0.4 is 15.4 Å². The Morgan fingerprint density at radius 1 is 1.10 bits per heavy atom. The van der Waals surface area contributed by atoms with Crippen molar-refractivity contribution in [1.29, 1.82) is 0 Å². The summed E-state index contributed by atoms with van der Waals surface area (Å²) in [7, 11) is 1.63. The Labute approximate surface area is 185 Å². The van der Waals surface area contributed by atoms with Crippen LogP contribution in [0.5, 0.6) is 5.75 Å². The lowest BCUT2D eigenvalue weighted by Crippen LogP contribution is -2.23. The number of hydrogen-bond acceptors (Lipinski definition) is 7. The first-order valence-electron chi connectivity index (χ1n) is 9.81. The normalized spacial score (nSPS) is 12.8. The molecule has 0 spiro atoms. The summed E-state index contributed by atoms with van der Waals surface area (Å²) in [4.78, 5) is 12.8. The van der Waals surface area contributed by atoms with E-state index in [0.717, 1.165) is 33.4 Å². The topological polar surface area (TPSA) is 76.1 Å². The highest BCUT2D eigenvalue weighted by Gasteiger charge is 2.19. The van der Waals surface area contributed by atoms with Crippen LogP contribution in [0, 0.1) is 0 Å². The van der Waals surface area contributed by atoms with E-state index in [1.54, 1.807) is 7.11 Å². The molecule has 0 bridgehead atoms. The van der Waals surface area contributed by atoms with Crippen molar-refractivity contribution in [2.24, 2.45) is 0 Å². The van der Waals surface area contributed by atoms with E-state index in [1.165, 1.54) is 23.1 Å². The Balaban J connectivity index is 1.63. The van der Waals surface area contributed by atoms with E-state index >= 15 is 0 Å². The molecule has 0 unspecified atom stereocenters. The zero-order chi connectivity index (χ0) is 21.5. The number of thioether (sulfide) groups is 1. The maximum absolute atomic E-state index is 12.8. The molecule has 0 radical (unpaired) electrons. The summed E-state index contributed by atoms with van der Waals surface area (Å²) in [6, 6.07) is 15.6. The van der Waals surface area contributed by atoms with Crippen LogP contribution in [0.1, 0.15) is 38.7 Å². The van der Waals surface area contributed by atoms with Crippen LogP contribution in [-0.4, -0.2) is 28.5 Å². The summed E-state index contributed by atoms with van der Waals surface area (Å²) >= 11 is 2.80. The molecule has 0 aliphatic rings. The predicted molar refractivity (Wildman–Crippen MR) is 125 cm³/mol. The first-order chi connectivity index (χ1) is 14.5. The highest BCUT2D eigenvalue weighted by Crippen LogP contribution is 2.33. The minimum atomic E-state index is -0.304. The molecule has 0 aliphatic heterocycles. The maximum atomic E-state index is 12.8. The molecular formula is C22H26N4O2S2. The molecule has 0 saturated carbocycles. The van der Waals surface area contributed by atoms with Gasteiger partial charge in [-0.3, -0.25) is 4.79 Å². The van der Waals surface area contributed by atoms with Crippen LogP contribution in [0.3, 0.4) is 0 Å². The second-order valence-corrected chi connectivity index (χ2v) is 9.41. The smallest absolute Gasteiger partial charge is 0.237 e. The van der Waals surface area contributed by atoms with Crippen LogP contribution >= 0.6 is 23.1 Å². The molecule has 1 aromatic heterocycles. The van der Waals surface area contributed by atoms with Gasteiger partial charge in [0.25, 0.3) is 0 Å². The van der Waals surface area contributed by atoms with Gasteiger partial charge >= 0.3 is 0 Å². The van der Waals surface area contributed by atoms with Gasteiger partial charge in [0.05, 0.1) is 18.0 Å². The lowest BCUT2D eigenvalue weighted by molar-refractivity contribution is -0.115. The van der Waals surface area contributed by atoms with Crippen molar-refractivity contribution in [3.05, 3.63) is 54.1 Å². The van der Waals surface area contributed by atoms with E-state index in [1.807, 2.05) is 49.4 Å². The molecule has 1 heterocycles. The van der Waals surface area contributed by atoms with Crippen molar-refractivity contribution in [3.63, 3.8) is 0 Å². The second kappa shape index (κ2) is 10.4. The van der Waals surface area contributed by atoms with Gasteiger partial charge in [-0.05, 0) is 43.0 Å². The molecule has 8 heteroatoms. The van der Waals surface area contributed by atoms with E-state index in [4.69, 9.17) is 4.74 Å². The molecule has 6 nitrogen and oxygen atoms in total. The fourth-order valence-corrected chi connectivity index (χ4v) is 4.78. The van der Waals surface area contributed by atoms with Crippen LogP contribution in [0.4, 0.5) is 16.5 Å². The predicted octanol–water partition coefficient (Wildman–Crippen LogP) is 5.92. The maximum Gasteiger partial charge on any atom is 0.237 e. The monoisotopic (exact) mass is 442 g/mol. The van der Waals surface area contributed by atoms with Gasteiger partial charge in [0.15, 0.2) is 4.34 Å². The number of methoxy groups -OCH3 is 1. The third-order valence-electron chi connectivity index (χ3n) is 4.76.